The van der Waals surface area contributed by atoms with E-state index in [1.165, 1.54) is 29.2 Å². The molecule has 0 unspecified atom stereocenters. The maximum Gasteiger partial charge on any atom is 0.260 e. The van der Waals surface area contributed by atoms with Crippen LogP contribution in [0.25, 0.3) is 0 Å². The summed E-state index contributed by atoms with van der Waals surface area (Å²) < 4.78 is 20.0. The minimum absolute atomic E-state index is 0.0254. The minimum Gasteiger partial charge on any atom is -0.491 e. The van der Waals surface area contributed by atoms with Gasteiger partial charge in [0.25, 0.3) is 11.8 Å². The number of benzene rings is 4. The Morgan fingerprint density at radius 3 is 2.19 bits per heavy atom. The lowest BCUT2D eigenvalue weighted by Crippen LogP contribution is -2.53. The van der Waals surface area contributed by atoms with Crippen molar-refractivity contribution >= 4 is 58.2 Å². The maximum atomic E-state index is 15.3. The molecule has 2 heterocycles. The Morgan fingerprint density at radius 2 is 1.50 bits per heavy atom. The molecular formula is C40H32Cl2FN3O6. The number of hydrogen-bond donors (Lipinski definition) is 2. The predicted molar refractivity (Wildman–Crippen MR) is 192 cm³/mol. The predicted octanol–water partition coefficient (Wildman–Crippen LogP) is 6.69. The van der Waals surface area contributed by atoms with Gasteiger partial charge in [-0.1, -0.05) is 65.2 Å². The minimum atomic E-state index is -1.57. The average molecular weight is 741 g/mol. The molecule has 2 aliphatic carbocycles. The van der Waals surface area contributed by atoms with Gasteiger partial charge in [0.2, 0.25) is 11.8 Å². The quantitative estimate of drug-likeness (QED) is 0.153. The smallest absolute Gasteiger partial charge is 0.260 e. The first-order valence-electron chi connectivity index (χ1n) is 17.0. The van der Waals surface area contributed by atoms with E-state index in [-0.39, 0.29) is 37.9 Å². The van der Waals surface area contributed by atoms with Crippen LogP contribution in [0.2, 0.25) is 10.0 Å². The van der Waals surface area contributed by atoms with Gasteiger partial charge in [0.15, 0.2) is 0 Å². The van der Waals surface area contributed by atoms with E-state index in [9.17, 15) is 23.9 Å². The van der Waals surface area contributed by atoms with Crippen LogP contribution in [0.5, 0.6) is 5.75 Å². The number of imide groups is 2. The molecule has 0 spiro atoms. The van der Waals surface area contributed by atoms with Crippen molar-refractivity contribution in [3.63, 3.8) is 0 Å². The van der Waals surface area contributed by atoms with Crippen LogP contribution < -0.4 is 15.1 Å². The van der Waals surface area contributed by atoms with Gasteiger partial charge in [0.1, 0.15) is 18.2 Å². The number of anilines is 2. The van der Waals surface area contributed by atoms with E-state index in [0.29, 0.717) is 38.3 Å². The van der Waals surface area contributed by atoms with Gasteiger partial charge in [-0.2, -0.15) is 5.01 Å². The Kier molecular flexibility index (Phi) is 8.64. The number of amides is 4. The highest BCUT2D eigenvalue weighted by Gasteiger charge is 2.70. The molecule has 3 fully saturated rings. The third-order valence-electron chi connectivity index (χ3n) is 10.9. The highest BCUT2D eigenvalue weighted by Crippen LogP contribution is 2.65. The number of allylic oxidation sites excluding steroid dienone is 2. The molecule has 2 aliphatic heterocycles. The number of para-hydroxylation sites is 1. The first-order chi connectivity index (χ1) is 25.1. The summed E-state index contributed by atoms with van der Waals surface area (Å²) in [5.41, 5.74) is 3.97. The molecular weight excluding hydrogens is 708 g/mol. The van der Waals surface area contributed by atoms with Crippen molar-refractivity contribution in [2.24, 2.45) is 23.7 Å². The molecule has 0 bridgehead atoms. The zero-order valence-electron chi connectivity index (χ0n) is 27.5. The second-order valence-electron chi connectivity index (χ2n) is 13.5. The highest BCUT2D eigenvalue weighted by atomic mass is 35.5. The number of halogens is 3. The van der Waals surface area contributed by atoms with Gasteiger partial charge < -0.3 is 9.84 Å². The van der Waals surface area contributed by atoms with Crippen molar-refractivity contribution in [1.29, 1.82) is 0 Å². The summed E-state index contributed by atoms with van der Waals surface area (Å²) >= 11 is 12.5. The number of carbonyl (C=O) groups excluding carboxylic acids is 4. The number of aliphatic hydroxyl groups is 1. The summed E-state index contributed by atoms with van der Waals surface area (Å²) in [6.07, 6.45) is 2.28. The van der Waals surface area contributed by atoms with Crippen LogP contribution >= 0.6 is 23.2 Å². The van der Waals surface area contributed by atoms with Gasteiger partial charge in [0.05, 0.1) is 41.2 Å². The molecule has 4 aromatic rings. The Labute approximate surface area is 308 Å². The Hall–Kier alpha value is -5.03. The highest BCUT2D eigenvalue weighted by molar-refractivity contribution is 6.31. The Bertz CT molecular complexity index is 2130. The lowest BCUT2D eigenvalue weighted by molar-refractivity contribution is -0.138. The van der Waals surface area contributed by atoms with E-state index in [1.807, 2.05) is 18.2 Å². The molecule has 4 amide bonds. The van der Waals surface area contributed by atoms with Crippen LogP contribution in [0.4, 0.5) is 15.8 Å². The zero-order valence-corrected chi connectivity index (χ0v) is 29.1. The van der Waals surface area contributed by atoms with Crippen molar-refractivity contribution in [1.82, 2.24) is 5.01 Å². The van der Waals surface area contributed by atoms with Crippen molar-refractivity contribution in [2.45, 2.75) is 24.2 Å². The number of aliphatic hydroxyl groups excluding tert-OH is 1. The number of nitrogens with one attached hydrogen (secondary N) is 1. The van der Waals surface area contributed by atoms with E-state index >= 15 is 4.79 Å². The second kappa shape index (κ2) is 13.2. The van der Waals surface area contributed by atoms with E-state index in [4.69, 9.17) is 27.9 Å². The SMILES string of the molecule is O=C1[C@@H]2C[C@@H]3C(=CC[C@@H]4C(=O)N(c5ccc(Cl)cc5)C(=O)[C@@H]43)[C@H](c3ccccc3OCCO)[C@]2(c2ccc(Cl)cc2)C(=O)N1Nc1ccc(F)cc1. The summed E-state index contributed by atoms with van der Waals surface area (Å²) in [5, 5.41) is 11.6. The molecule has 2 saturated heterocycles. The van der Waals surface area contributed by atoms with Gasteiger partial charge in [-0.15, -0.1) is 0 Å². The molecule has 4 aliphatic rings. The van der Waals surface area contributed by atoms with Crippen molar-refractivity contribution in [3.8, 4) is 5.75 Å². The van der Waals surface area contributed by atoms with Crippen LogP contribution in [0.3, 0.4) is 0 Å². The monoisotopic (exact) mass is 739 g/mol. The van der Waals surface area contributed by atoms with Crippen LogP contribution in [-0.4, -0.2) is 47.0 Å². The number of fused-ring (bicyclic) bond motifs is 4. The van der Waals surface area contributed by atoms with Gasteiger partial charge >= 0.3 is 0 Å². The van der Waals surface area contributed by atoms with Crippen LogP contribution in [-0.2, 0) is 24.6 Å². The Morgan fingerprint density at radius 1 is 0.827 bits per heavy atom. The van der Waals surface area contributed by atoms with Crippen LogP contribution in [0.15, 0.2) is 109 Å². The summed E-state index contributed by atoms with van der Waals surface area (Å²) in [4.78, 5) is 59.8. The second-order valence-corrected chi connectivity index (χ2v) is 14.3. The van der Waals surface area contributed by atoms with Gasteiger partial charge in [0, 0.05) is 21.5 Å². The molecule has 1 saturated carbocycles. The summed E-state index contributed by atoms with van der Waals surface area (Å²) in [6, 6.07) is 25.8. The van der Waals surface area contributed by atoms with Crippen LogP contribution in [0.1, 0.15) is 29.9 Å². The summed E-state index contributed by atoms with van der Waals surface area (Å²) in [7, 11) is 0. The lowest BCUT2D eigenvalue weighted by Gasteiger charge is -2.50. The van der Waals surface area contributed by atoms with E-state index in [2.05, 4.69) is 5.43 Å². The van der Waals surface area contributed by atoms with Gasteiger partial charge in [-0.3, -0.25) is 29.5 Å². The fourth-order valence-corrected chi connectivity index (χ4v) is 9.10. The average Bonchev–Trinajstić information content (AvgIpc) is 3.53. The molecule has 0 radical (unpaired) electrons. The van der Waals surface area contributed by atoms with Gasteiger partial charge in [-0.05, 0) is 91.1 Å². The fourth-order valence-electron chi connectivity index (χ4n) is 8.85. The lowest BCUT2D eigenvalue weighted by atomic mass is 9.49. The normalized spacial score (nSPS) is 26.5. The van der Waals surface area contributed by atoms with E-state index in [0.717, 1.165) is 10.6 Å². The third kappa shape index (κ3) is 5.23. The first kappa shape index (κ1) is 34.1. The summed E-state index contributed by atoms with van der Waals surface area (Å²) in [5.74, 6) is -5.82. The molecule has 2 N–H and O–H groups in total. The number of carbonyl (C=O) groups is 4. The fraction of sp³-hybridized carbons (Fsp3) is 0.250. The van der Waals surface area contributed by atoms with Crippen molar-refractivity contribution in [2.75, 3.05) is 23.5 Å². The number of hydrazine groups is 1. The topological polar surface area (TPSA) is 116 Å². The van der Waals surface area contributed by atoms with Crippen molar-refractivity contribution in [3.05, 3.63) is 136 Å². The van der Waals surface area contributed by atoms with Crippen molar-refractivity contribution < 1.29 is 33.4 Å². The molecule has 52 heavy (non-hydrogen) atoms. The number of rotatable bonds is 8. The molecule has 6 atom stereocenters. The molecule has 0 aromatic heterocycles. The number of hydrogen-bond acceptors (Lipinski definition) is 7. The van der Waals surface area contributed by atoms with E-state index in [1.54, 1.807) is 60.7 Å². The third-order valence-corrected chi connectivity index (χ3v) is 11.4. The van der Waals surface area contributed by atoms with Crippen LogP contribution in [0, 0.1) is 29.5 Å². The molecule has 9 nitrogen and oxygen atoms in total. The molecule has 12 heteroatoms. The molecule has 264 valence electrons. The number of nitrogens with zero attached hydrogens (tertiary/aromatic N) is 2. The van der Waals surface area contributed by atoms with Gasteiger partial charge in [-0.25, -0.2) is 4.39 Å². The standard InChI is InChI=1S/C40H32Cl2FN3O6/c41-23-7-5-22(6-8-23)40-32(37(49)46(39(40)51)44-26-13-11-25(43)12-14-26)21-31-28(35(40)29-3-1-2-4-33(29)52-20-19-47)17-18-30-34(31)38(50)45(36(30)48)27-15-9-24(42)10-16-27/h1-17,30-32,34-35,44,47H,18-21H2/t30-,31+,32-,34-,35+,40+/m0/s1. The molecule has 8 rings (SSSR count). The Balaban J connectivity index is 1.33. The van der Waals surface area contributed by atoms with E-state index < -0.39 is 52.6 Å². The molecule has 4 aromatic carbocycles. The first-order valence-corrected chi connectivity index (χ1v) is 17.7. The maximum absolute atomic E-state index is 15.3. The summed E-state index contributed by atoms with van der Waals surface area (Å²) in [6.45, 7) is -0.286. The number of ether oxygens (including phenoxy) is 1. The zero-order chi connectivity index (χ0) is 36.3. The largest absolute Gasteiger partial charge is 0.491 e.